The first kappa shape index (κ1) is 16.3. The normalized spacial score (nSPS) is 10.5. The van der Waals surface area contributed by atoms with E-state index in [-0.39, 0.29) is 0 Å². The van der Waals surface area contributed by atoms with Crippen LogP contribution in [0.2, 0.25) is 5.02 Å². The Bertz CT molecular complexity index is 831. The van der Waals surface area contributed by atoms with E-state index >= 15 is 0 Å². The zero-order valence-electron chi connectivity index (χ0n) is 13.7. The van der Waals surface area contributed by atoms with E-state index in [0.29, 0.717) is 17.5 Å². The molecule has 3 aromatic rings. The lowest BCUT2D eigenvalue weighted by molar-refractivity contribution is 1.08. The maximum atomic E-state index is 6.15. The van der Waals surface area contributed by atoms with Gasteiger partial charge >= 0.3 is 0 Å². The van der Waals surface area contributed by atoms with E-state index in [0.717, 1.165) is 17.1 Å². The van der Waals surface area contributed by atoms with Crippen LogP contribution in [0.15, 0.2) is 54.7 Å². The lowest BCUT2D eigenvalue weighted by atomic mass is 10.1. The number of hydrogen-bond acceptors (Lipinski definition) is 4. The summed E-state index contributed by atoms with van der Waals surface area (Å²) in [6.45, 7) is 4.77. The smallest absolute Gasteiger partial charge is 0.229 e. The lowest BCUT2D eigenvalue weighted by Gasteiger charge is -2.09. The molecule has 0 aliphatic rings. The van der Waals surface area contributed by atoms with Gasteiger partial charge in [0.2, 0.25) is 5.95 Å². The first-order valence-corrected chi connectivity index (χ1v) is 8.13. The largest absolute Gasteiger partial charge is 0.366 e. The second-order valence-corrected chi connectivity index (χ2v) is 6.10. The summed E-state index contributed by atoms with van der Waals surface area (Å²) in [6.07, 6.45) is 1.72. The van der Waals surface area contributed by atoms with Gasteiger partial charge in [-0.2, -0.15) is 4.98 Å². The first-order valence-electron chi connectivity index (χ1n) is 7.76. The quantitative estimate of drug-likeness (QED) is 0.679. The highest BCUT2D eigenvalue weighted by atomic mass is 35.5. The van der Waals surface area contributed by atoms with E-state index < -0.39 is 0 Å². The molecule has 4 nitrogen and oxygen atoms in total. The predicted octanol–water partition coefficient (Wildman–Crippen LogP) is 5.10. The Morgan fingerprint density at radius 1 is 1.00 bits per heavy atom. The molecule has 2 N–H and O–H groups in total. The van der Waals surface area contributed by atoms with Gasteiger partial charge in [-0.3, -0.25) is 0 Å². The second-order valence-electron chi connectivity index (χ2n) is 5.69. The number of anilines is 3. The van der Waals surface area contributed by atoms with Crippen LogP contribution in [0.25, 0.3) is 0 Å². The summed E-state index contributed by atoms with van der Waals surface area (Å²) in [4.78, 5) is 8.72. The maximum absolute atomic E-state index is 6.15. The summed E-state index contributed by atoms with van der Waals surface area (Å²) in [6, 6.07) is 16.1. The first-order chi connectivity index (χ1) is 11.6. The van der Waals surface area contributed by atoms with Gasteiger partial charge in [0.15, 0.2) is 0 Å². The molecule has 0 radical (unpaired) electrons. The number of hydrogen-bond donors (Lipinski definition) is 2. The molecule has 3 rings (SSSR count). The minimum atomic E-state index is 0.531. The van der Waals surface area contributed by atoms with Crippen molar-refractivity contribution in [2.45, 2.75) is 20.4 Å². The number of rotatable bonds is 5. The zero-order chi connectivity index (χ0) is 16.9. The van der Waals surface area contributed by atoms with Gasteiger partial charge < -0.3 is 10.6 Å². The predicted molar refractivity (Wildman–Crippen MR) is 100 cm³/mol. The van der Waals surface area contributed by atoms with E-state index in [4.69, 9.17) is 11.6 Å². The standard InChI is InChI=1S/C19H19ClN4/c1-13-3-6-15(7-4-13)12-22-18-9-10-21-19(24-18)23-16-8-5-14(2)17(20)11-16/h3-11H,12H2,1-2H3,(H2,21,22,23,24). The van der Waals surface area contributed by atoms with E-state index in [1.807, 2.05) is 31.2 Å². The van der Waals surface area contributed by atoms with Crippen molar-refractivity contribution in [1.82, 2.24) is 9.97 Å². The molecule has 0 saturated carbocycles. The minimum Gasteiger partial charge on any atom is -0.366 e. The van der Waals surface area contributed by atoms with Crippen molar-refractivity contribution >= 4 is 29.1 Å². The molecule has 1 aromatic heterocycles. The van der Waals surface area contributed by atoms with Crippen molar-refractivity contribution in [2.24, 2.45) is 0 Å². The molecular weight excluding hydrogens is 320 g/mol. The summed E-state index contributed by atoms with van der Waals surface area (Å²) in [5.74, 6) is 1.30. The molecule has 5 heteroatoms. The summed E-state index contributed by atoms with van der Waals surface area (Å²) >= 11 is 6.15. The Morgan fingerprint density at radius 3 is 2.54 bits per heavy atom. The van der Waals surface area contributed by atoms with Crippen molar-refractivity contribution in [3.05, 3.63) is 76.4 Å². The summed E-state index contributed by atoms with van der Waals surface area (Å²) in [5.41, 5.74) is 4.36. The second kappa shape index (κ2) is 7.32. The van der Waals surface area contributed by atoms with Crippen molar-refractivity contribution in [3.8, 4) is 0 Å². The fraction of sp³-hybridized carbons (Fsp3) is 0.158. The average molecular weight is 339 g/mol. The molecule has 0 aliphatic heterocycles. The molecule has 122 valence electrons. The van der Waals surface area contributed by atoms with Gasteiger partial charge in [0, 0.05) is 23.5 Å². The molecule has 0 amide bonds. The maximum Gasteiger partial charge on any atom is 0.229 e. The molecule has 1 heterocycles. The Balaban J connectivity index is 1.67. The Labute approximate surface area is 146 Å². The van der Waals surface area contributed by atoms with E-state index in [1.54, 1.807) is 6.20 Å². The van der Waals surface area contributed by atoms with Crippen molar-refractivity contribution in [1.29, 1.82) is 0 Å². The van der Waals surface area contributed by atoms with Crippen LogP contribution in [0.4, 0.5) is 17.5 Å². The SMILES string of the molecule is Cc1ccc(CNc2ccnc(Nc3ccc(C)c(Cl)c3)n2)cc1. The van der Waals surface area contributed by atoms with Gasteiger partial charge in [-0.15, -0.1) is 0 Å². The van der Waals surface area contributed by atoms with Crippen LogP contribution in [-0.2, 0) is 6.54 Å². The fourth-order valence-corrected chi connectivity index (χ4v) is 2.40. The topological polar surface area (TPSA) is 49.8 Å². The molecule has 0 spiro atoms. The molecular formula is C19H19ClN4. The summed E-state index contributed by atoms with van der Waals surface area (Å²) in [5, 5.41) is 7.20. The lowest BCUT2D eigenvalue weighted by Crippen LogP contribution is -2.04. The third-order valence-corrected chi connectivity index (χ3v) is 4.08. The van der Waals surface area contributed by atoms with Crippen LogP contribution in [-0.4, -0.2) is 9.97 Å². The van der Waals surface area contributed by atoms with Crippen molar-refractivity contribution in [2.75, 3.05) is 10.6 Å². The van der Waals surface area contributed by atoms with E-state index in [2.05, 4.69) is 51.8 Å². The molecule has 0 fully saturated rings. The third kappa shape index (κ3) is 4.24. The van der Waals surface area contributed by atoms with Crippen molar-refractivity contribution in [3.63, 3.8) is 0 Å². The van der Waals surface area contributed by atoms with Crippen LogP contribution in [0, 0.1) is 13.8 Å². The van der Waals surface area contributed by atoms with Crippen molar-refractivity contribution < 1.29 is 0 Å². The number of benzene rings is 2. The molecule has 0 saturated heterocycles. The average Bonchev–Trinajstić information content (AvgIpc) is 2.58. The third-order valence-electron chi connectivity index (χ3n) is 3.68. The fourth-order valence-electron chi connectivity index (χ4n) is 2.22. The van der Waals surface area contributed by atoms with Crippen LogP contribution < -0.4 is 10.6 Å². The van der Waals surface area contributed by atoms with Gasteiger partial charge in [-0.1, -0.05) is 47.5 Å². The number of halogens is 1. The zero-order valence-corrected chi connectivity index (χ0v) is 14.4. The molecule has 0 aliphatic carbocycles. The van der Waals surface area contributed by atoms with E-state index in [1.165, 1.54) is 11.1 Å². The molecule has 0 bridgehead atoms. The van der Waals surface area contributed by atoms with Gasteiger partial charge in [-0.25, -0.2) is 4.98 Å². The summed E-state index contributed by atoms with van der Waals surface area (Å²) in [7, 11) is 0. The molecule has 2 aromatic carbocycles. The number of nitrogens with one attached hydrogen (secondary N) is 2. The van der Waals surface area contributed by atoms with Gasteiger partial charge in [0.1, 0.15) is 5.82 Å². The van der Waals surface area contributed by atoms with Crippen LogP contribution in [0.1, 0.15) is 16.7 Å². The Hall–Kier alpha value is -2.59. The summed E-state index contributed by atoms with van der Waals surface area (Å²) < 4.78 is 0. The number of aromatic nitrogens is 2. The highest BCUT2D eigenvalue weighted by Crippen LogP contribution is 2.22. The highest BCUT2D eigenvalue weighted by Gasteiger charge is 2.02. The highest BCUT2D eigenvalue weighted by molar-refractivity contribution is 6.31. The van der Waals surface area contributed by atoms with Crippen LogP contribution in [0.5, 0.6) is 0 Å². The van der Waals surface area contributed by atoms with Crippen LogP contribution in [0.3, 0.4) is 0 Å². The van der Waals surface area contributed by atoms with Crippen LogP contribution >= 0.6 is 11.6 Å². The minimum absolute atomic E-state index is 0.531. The Morgan fingerprint density at radius 2 is 1.79 bits per heavy atom. The van der Waals surface area contributed by atoms with Gasteiger partial charge in [-0.05, 0) is 43.2 Å². The molecule has 0 atom stereocenters. The molecule has 0 unspecified atom stereocenters. The number of nitrogens with zero attached hydrogens (tertiary/aromatic N) is 2. The molecule has 24 heavy (non-hydrogen) atoms. The van der Waals surface area contributed by atoms with Gasteiger partial charge in [0.25, 0.3) is 0 Å². The monoisotopic (exact) mass is 338 g/mol. The van der Waals surface area contributed by atoms with Gasteiger partial charge in [0.05, 0.1) is 0 Å². The Kier molecular flexibility index (Phi) is 4.96. The van der Waals surface area contributed by atoms with E-state index in [9.17, 15) is 0 Å². The number of aryl methyl sites for hydroxylation is 2.